The Morgan fingerprint density at radius 2 is 1.88 bits per heavy atom. The quantitative estimate of drug-likeness (QED) is 0.0742. The number of nitrogens with one attached hydrogen (secondary N) is 1. The van der Waals surface area contributed by atoms with Crippen LogP contribution in [0.4, 0.5) is 5.95 Å². The highest BCUT2D eigenvalue weighted by molar-refractivity contribution is 5.93. The third-order valence-corrected chi connectivity index (χ3v) is 5.26. The lowest BCUT2D eigenvalue weighted by Gasteiger charge is -2.06. The summed E-state index contributed by atoms with van der Waals surface area (Å²) in [6, 6.07) is 0. The van der Waals surface area contributed by atoms with Crippen LogP contribution in [0, 0.1) is 0 Å². The maximum absolute atomic E-state index is 5.84. The molecule has 0 fully saturated rings. The van der Waals surface area contributed by atoms with Crippen LogP contribution in [-0.4, -0.2) is 34.9 Å². The maximum Gasteiger partial charge on any atom is 0.202 e. The molecular weight excluding hydrogens is 422 g/mol. The average Bonchev–Trinajstić information content (AvgIpc) is 3.19. The lowest BCUT2D eigenvalue weighted by molar-refractivity contribution is 0.457. The van der Waals surface area contributed by atoms with E-state index in [4.69, 9.17) is 4.74 Å². The van der Waals surface area contributed by atoms with Crippen LogP contribution in [0.2, 0.25) is 0 Å². The molecule has 0 aromatic carbocycles. The second-order valence-corrected chi connectivity index (χ2v) is 8.12. The molecule has 0 radical (unpaired) electrons. The van der Waals surface area contributed by atoms with Gasteiger partial charge in [-0.1, -0.05) is 64.0 Å². The molecule has 0 saturated heterocycles. The number of rotatable bonds is 15. The van der Waals surface area contributed by atoms with Gasteiger partial charge >= 0.3 is 0 Å². The molecule has 34 heavy (non-hydrogen) atoms. The highest BCUT2D eigenvalue weighted by atomic mass is 16.5. The van der Waals surface area contributed by atoms with E-state index in [1.54, 1.807) is 13.3 Å². The smallest absolute Gasteiger partial charge is 0.202 e. The molecule has 1 rings (SSSR count). The Labute approximate surface area is 207 Å². The van der Waals surface area contributed by atoms with E-state index in [1.807, 2.05) is 26.2 Å². The first kappa shape index (κ1) is 29.1. The molecule has 0 atom stereocenters. The first-order valence-corrected chi connectivity index (χ1v) is 12.6. The van der Waals surface area contributed by atoms with Gasteiger partial charge in [-0.05, 0) is 50.7 Å². The number of nitrogens with zero attached hydrogens (tertiary/aromatic N) is 4. The van der Waals surface area contributed by atoms with Crippen molar-refractivity contribution in [3.63, 3.8) is 0 Å². The number of aromatic nitrogens is 2. The van der Waals surface area contributed by atoms with Crippen molar-refractivity contribution >= 4 is 17.7 Å². The Morgan fingerprint density at radius 1 is 1.09 bits per heavy atom. The number of aryl methyl sites for hydroxylation is 1. The van der Waals surface area contributed by atoms with Crippen LogP contribution in [0.15, 0.2) is 64.5 Å². The van der Waals surface area contributed by atoms with E-state index in [9.17, 15) is 0 Å². The molecule has 0 amide bonds. The summed E-state index contributed by atoms with van der Waals surface area (Å²) in [5, 5.41) is 3.39. The van der Waals surface area contributed by atoms with Gasteiger partial charge in [0.25, 0.3) is 0 Å². The molecule has 1 heterocycles. The van der Waals surface area contributed by atoms with Crippen LogP contribution in [0.5, 0.6) is 0 Å². The van der Waals surface area contributed by atoms with E-state index in [0.29, 0.717) is 11.7 Å². The Bertz CT molecular complexity index is 871. The monoisotopic (exact) mass is 467 g/mol. The van der Waals surface area contributed by atoms with E-state index < -0.39 is 0 Å². The van der Waals surface area contributed by atoms with Crippen LogP contribution in [0.25, 0.3) is 0 Å². The van der Waals surface area contributed by atoms with E-state index in [1.165, 1.54) is 17.7 Å². The second kappa shape index (κ2) is 18.5. The zero-order valence-electron chi connectivity index (χ0n) is 22.2. The molecule has 0 aliphatic heterocycles. The summed E-state index contributed by atoms with van der Waals surface area (Å²) >= 11 is 0. The molecule has 0 aliphatic rings. The fourth-order valence-electron chi connectivity index (χ4n) is 3.21. The van der Waals surface area contributed by atoms with E-state index in [0.717, 1.165) is 57.4 Å². The number of ether oxygens (including phenoxy) is 1. The Hall–Kier alpha value is -2.89. The van der Waals surface area contributed by atoms with Crippen molar-refractivity contribution in [1.82, 2.24) is 9.55 Å². The molecular formula is C28H45N5O. The molecule has 0 saturated carbocycles. The highest BCUT2D eigenvalue weighted by Gasteiger charge is 2.03. The van der Waals surface area contributed by atoms with Crippen molar-refractivity contribution in [2.24, 2.45) is 17.0 Å². The number of unbranched alkanes of at least 4 members (excludes halogenated alkanes) is 1. The molecule has 0 spiro atoms. The van der Waals surface area contributed by atoms with Gasteiger partial charge < -0.3 is 14.6 Å². The van der Waals surface area contributed by atoms with Crippen molar-refractivity contribution in [1.29, 1.82) is 0 Å². The fourth-order valence-corrected chi connectivity index (χ4v) is 3.21. The zero-order valence-corrected chi connectivity index (χ0v) is 22.2. The molecule has 6 heteroatoms. The number of imidazole rings is 1. The predicted octanol–water partition coefficient (Wildman–Crippen LogP) is 7.18. The van der Waals surface area contributed by atoms with Gasteiger partial charge in [-0.25, -0.2) is 9.98 Å². The second-order valence-electron chi connectivity index (χ2n) is 8.12. The summed E-state index contributed by atoms with van der Waals surface area (Å²) in [4.78, 5) is 13.1. The Morgan fingerprint density at radius 3 is 2.56 bits per heavy atom. The topological polar surface area (TPSA) is 63.8 Å². The maximum atomic E-state index is 5.84. The minimum Gasteiger partial charge on any atom is -0.451 e. The van der Waals surface area contributed by atoms with Gasteiger partial charge in [-0.2, -0.15) is 0 Å². The van der Waals surface area contributed by atoms with Gasteiger partial charge in [0.15, 0.2) is 5.90 Å². The number of aliphatic imine (C=N–C) groups is 2. The number of allylic oxidation sites excluding steroid dienone is 6. The van der Waals surface area contributed by atoms with Gasteiger partial charge in [0.05, 0.1) is 12.5 Å². The van der Waals surface area contributed by atoms with Gasteiger partial charge in [-0.3, -0.25) is 4.99 Å². The molecule has 6 nitrogen and oxygen atoms in total. The number of hydrogen-bond acceptors (Lipinski definition) is 4. The summed E-state index contributed by atoms with van der Waals surface area (Å²) in [6.45, 7) is 9.27. The van der Waals surface area contributed by atoms with Crippen molar-refractivity contribution in [2.75, 3.05) is 18.9 Å². The van der Waals surface area contributed by atoms with Gasteiger partial charge in [-0.15, -0.1) is 0 Å². The van der Waals surface area contributed by atoms with Gasteiger partial charge in [0, 0.05) is 32.8 Å². The number of amidine groups is 1. The van der Waals surface area contributed by atoms with Crippen molar-refractivity contribution in [2.45, 2.75) is 79.1 Å². The van der Waals surface area contributed by atoms with E-state index in [2.05, 4.69) is 76.0 Å². The third-order valence-electron chi connectivity index (χ3n) is 5.26. The SMILES string of the molecule is CCCC=C/C(=C\C=C\O/C(CC/C=C/CCNc1ncc(CC)n1C)=N/C(C)=N\C)CCC. The number of anilines is 1. The van der Waals surface area contributed by atoms with Crippen molar-refractivity contribution in [3.05, 3.63) is 60.2 Å². The van der Waals surface area contributed by atoms with Crippen molar-refractivity contribution < 1.29 is 4.74 Å². The summed E-state index contributed by atoms with van der Waals surface area (Å²) in [7, 11) is 3.79. The van der Waals surface area contributed by atoms with Crippen molar-refractivity contribution in [3.8, 4) is 0 Å². The molecule has 188 valence electrons. The molecule has 0 unspecified atom stereocenters. The minimum absolute atomic E-state index is 0.675. The number of hydrogen-bond donors (Lipinski definition) is 1. The Kier molecular flexibility index (Phi) is 15.9. The van der Waals surface area contributed by atoms with Crippen LogP contribution < -0.4 is 5.32 Å². The molecule has 0 bridgehead atoms. The normalized spacial score (nSPS) is 13.6. The van der Waals surface area contributed by atoms with Crippen LogP contribution in [-0.2, 0) is 18.2 Å². The van der Waals surface area contributed by atoms with Crippen LogP contribution in [0.3, 0.4) is 0 Å². The molecule has 1 aromatic heterocycles. The van der Waals surface area contributed by atoms with Crippen LogP contribution >= 0.6 is 0 Å². The van der Waals surface area contributed by atoms with Gasteiger partial charge in [0.2, 0.25) is 5.95 Å². The fraction of sp³-hybridized carbons (Fsp3) is 0.536. The minimum atomic E-state index is 0.675. The Balaban J connectivity index is 2.53. The molecule has 1 N–H and O–H groups in total. The molecule has 1 aromatic rings. The van der Waals surface area contributed by atoms with E-state index >= 15 is 0 Å². The summed E-state index contributed by atoms with van der Waals surface area (Å²) in [5.41, 5.74) is 2.54. The highest BCUT2D eigenvalue weighted by Crippen LogP contribution is 2.10. The molecule has 0 aliphatic carbocycles. The lowest BCUT2D eigenvalue weighted by atomic mass is 10.1. The predicted molar refractivity (Wildman–Crippen MR) is 148 cm³/mol. The first-order valence-electron chi connectivity index (χ1n) is 12.6. The van der Waals surface area contributed by atoms with Gasteiger partial charge in [0.1, 0.15) is 5.84 Å². The average molecular weight is 468 g/mol. The zero-order chi connectivity index (χ0) is 25.0. The summed E-state index contributed by atoms with van der Waals surface area (Å²) < 4.78 is 7.95. The van der Waals surface area contributed by atoms with Crippen LogP contribution in [0.1, 0.15) is 78.3 Å². The third kappa shape index (κ3) is 12.4. The summed E-state index contributed by atoms with van der Waals surface area (Å²) in [6.07, 6.45) is 24.5. The summed E-state index contributed by atoms with van der Waals surface area (Å²) in [5.74, 6) is 2.31. The van der Waals surface area contributed by atoms with E-state index in [-0.39, 0.29) is 0 Å². The first-order chi connectivity index (χ1) is 16.5. The lowest BCUT2D eigenvalue weighted by Crippen LogP contribution is -2.07. The standard InChI is InChI=1S/C28H45N5O/c1-7-10-13-18-25(17-8-2)19-16-22-34-27(32-24(4)29-5)20-14-11-12-15-21-30-28-31-23-26(9-3)33(28)6/h11-13,16,18-19,22-23H,7-10,14-15,17,20-21H2,1-6H3,(H,30,31)/b12-11+,18-13?,22-16+,25-19-,29-24-,32-27+. The largest absolute Gasteiger partial charge is 0.451 e.